The highest BCUT2D eigenvalue weighted by atomic mass is 35.5. The van der Waals surface area contributed by atoms with Gasteiger partial charge in [-0.15, -0.1) is 5.10 Å². The van der Waals surface area contributed by atoms with Crippen LogP contribution in [0.5, 0.6) is 0 Å². The fourth-order valence-electron chi connectivity index (χ4n) is 3.69. The van der Waals surface area contributed by atoms with E-state index < -0.39 is 44.7 Å². The van der Waals surface area contributed by atoms with Crippen LogP contribution in [0.3, 0.4) is 0 Å². The number of rotatable bonds is 4. The standard InChI is InChI=1S/C21H22ClF2N7OS.C2HF3O2/c1-20(2)19(25)28-21(11-23,12-33(20,32)26-3)15-8-13(4-6-16(15)24)17-10-31(30-29-17)18-7-5-14(22)9-27-18;3-2(4,5)1(6)7/h4-10H,11-12H2,1-3H3,(H2,25,28);(H,6,7)/t21-,33+;/m0./s1. The molecule has 1 aliphatic rings. The van der Waals surface area contributed by atoms with Gasteiger partial charge in [0.2, 0.25) is 0 Å². The van der Waals surface area contributed by atoms with Gasteiger partial charge in [-0.25, -0.2) is 31.8 Å². The minimum absolute atomic E-state index is 0.0356. The molecule has 216 valence electrons. The number of carbonyl (C=O) groups is 1. The second-order valence-corrected chi connectivity index (χ2v) is 12.4. The monoisotopic (exact) mass is 607 g/mol. The van der Waals surface area contributed by atoms with E-state index in [-0.39, 0.29) is 17.2 Å². The first kappa shape index (κ1) is 30.9. The second-order valence-electron chi connectivity index (χ2n) is 9.02. The van der Waals surface area contributed by atoms with Gasteiger partial charge in [-0.1, -0.05) is 16.8 Å². The van der Waals surface area contributed by atoms with Crippen molar-refractivity contribution in [3.05, 3.63) is 59.1 Å². The molecule has 10 nitrogen and oxygen atoms in total. The summed E-state index contributed by atoms with van der Waals surface area (Å²) >= 11 is 5.87. The Balaban J connectivity index is 0.000000559. The van der Waals surface area contributed by atoms with Crippen molar-refractivity contribution in [2.75, 3.05) is 19.5 Å². The molecule has 40 heavy (non-hydrogen) atoms. The Morgan fingerprint density at radius 3 is 2.45 bits per heavy atom. The predicted octanol–water partition coefficient (Wildman–Crippen LogP) is 4.17. The van der Waals surface area contributed by atoms with Crippen LogP contribution >= 0.6 is 11.6 Å². The molecule has 0 unspecified atom stereocenters. The number of carboxylic acids is 1. The van der Waals surface area contributed by atoms with Crippen molar-refractivity contribution in [1.82, 2.24) is 20.0 Å². The fourth-order valence-corrected chi connectivity index (χ4v) is 6.06. The molecule has 1 aliphatic heterocycles. The lowest BCUT2D eigenvalue weighted by Gasteiger charge is -2.41. The minimum atomic E-state index is -5.08. The van der Waals surface area contributed by atoms with E-state index in [9.17, 15) is 21.8 Å². The largest absolute Gasteiger partial charge is 0.490 e. The topological polar surface area (TPSA) is 149 Å². The summed E-state index contributed by atoms with van der Waals surface area (Å²) in [6.07, 6.45) is -2.01. The van der Waals surface area contributed by atoms with E-state index in [0.717, 1.165) is 0 Å². The van der Waals surface area contributed by atoms with Gasteiger partial charge in [-0.05, 0) is 44.2 Å². The third-order valence-electron chi connectivity index (χ3n) is 6.14. The van der Waals surface area contributed by atoms with E-state index in [1.54, 1.807) is 32.2 Å². The molecule has 0 aliphatic carbocycles. The molecule has 4 rings (SSSR count). The molecule has 3 heterocycles. The Morgan fingerprint density at radius 1 is 1.27 bits per heavy atom. The summed E-state index contributed by atoms with van der Waals surface area (Å²) in [5, 5.41) is 15.8. The Morgan fingerprint density at radius 2 is 1.93 bits per heavy atom. The number of benzene rings is 1. The van der Waals surface area contributed by atoms with Crippen molar-refractivity contribution < 1.29 is 36.1 Å². The van der Waals surface area contributed by atoms with Crippen LogP contribution in [-0.4, -0.2) is 71.5 Å². The zero-order chi connectivity index (χ0) is 30.1. The predicted molar refractivity (Wildman–Crippen MR) is 138 cm³/mol. The highest BCUT2D eigenvalue weighted by Gasteiger charge is 2.50. The van der Waals surface area contributed by atoms with Crippen molar-refractivity contribution in [1.29, 1.82) is 0 Å². The SMILES string of the molecule is CN=[S@@]1(=O)C[C@@](CF)(c2cc(-c3cn(-c4ccc(Cl)cn4)nn3)ccc2F)N=C(N)C1(C)C.O=C(O)C(F)(F)F. The molecule has 0 bridgehead atoms. The molecular weight excluding hydrogens is 585 g/mol. The molecule has 0 spiro atoms. The molecule has 2 aromatic heterocycles. The van der Waals surface area contributed by atoms with E-state index in [0.29, 0.717) is 22.1 Å². The van der Waals surface area contributed by atoms with Crippen LogP contribution in [0.15, 0.2) is 52.1 Å². The van der Waals surface area contributed by atoms with E-state index in [1.165, 1.54) is 36.1 Å². The van der Waals surface area contributed by atoms with Crippen LogP contribution in [0.25, 0.3) is 17.1 Å². The number of hydrogen-bond acceptors (Lipinski definition) is 8. The van der Waals surface area contributed by atoms with Crippen LogP contribution in [0.1, 0.15) is 19.4 Å². The number of amidine groups is 1. The molecular formula is C23H23ClF5N7O3S. The number of nitrogens with zero attached hydrogens (tertiary/aromatic N) is 6. The van der Waals surface area contributed by atoms with E-state index in [2.05, 4.69) is 24.7 Å². The summed E-state index contributed by atoms with van der Waals surface area (Å²) in [7, 11) is -1.65. The number of aliphatic imine (C=N–C) groups is 1. The van der Waals surface area contributed by atoms with Crippen LogP contribution in [0.2, 0.25) is 5.02 Å². The van der Waals surface area contributed by atoms with Crippen LogP contribution in [-0.2, 0) is 20.1 Å². The maximum absolute atomic E-state index is 15.0. The number of aliphatic carboxylic acids is 1. The quantitative estimate of drug-likeness (QED) is 0.423. The van der Waals surface area contributed by atoms with Gasteiger partial charge in [0.25, 0.3) is 0 Å². The van der Waals surface area contributed by atoms with Gasteiger partial charge in [-0.2, -0.15) is 13.2 Å². The molecule has 1 aromatic carbocycles. The molecule has 0 saturated carbocycles. The number of pyridine rings is 1. The van der Waals surface area contributed by atoms with Crippen LogP contribution in [0, 0.1) is 5.82 Å². The van der Waals surface area contributed by atoms with Gasteiger partial charge >= 0.3 is 12.1 Å². The summed E-state index contributed by atoms with van der Waals surface area (Å²) in [5.41, 5.74) is 5.13. The van der Waals surface area contributed by atoms with E-state index in [1.807, 2.05) is 0 Å². The summed E-state index contributed by atoms with van der Waals surface area (Å²) in [4.78, 5) is 17.4. The summed E-state index contributed by atoms with van der Waals surface area (Å²) in [6.45, 7) is 2.18. The molecule has 0 fully saturated rings. The van der Waals surface area contributed by atoms with E-state index in [4.69, 9.17) is 27.2 Å². The molecule has 2 atom stereocenters. The van der Waals surface area contributed by atoms with Crippen LogP contribution in [0.4, 0.5) is 22.0 Å². The Hall–Kier alpha value is -3.66. The Kier molecular flexibility index (Phi) is 8.55. The lowest BCUT2D eigenvalue weighted by molar-refractivity contribution is -0.192. The summed E-state index contributed by atoms with van der Waals surface area (Å²) in [5.74, 6) is -3.31. The summed E-state index contributed by atoms with van der Waals surface area (Å²) in [6, 6.07) is 7.45. The fraction of sp³-hybridized carbons (Fsp3) is 0.348. The summed E-state index contributed by atoms with van der Waals surface area (Å²) < 4.78 is 79.3. The highest BCUT2D eigenvalue weighted by Crippen LogP contribution is 2.40. The molecule has 3 aromatic rings. The number of nitrogens with two attached hydrogens (primary N) is 1. The minimum Gasteiger partial charge on any atom is -0.475 e. The third-order valence-corrected chi connectivity index (χ3v) is 9.63. The van der Waals surface area contributed by atoms with Gasteiger partial charge in [0.1, 0.15) is 34.3 Å². The lowest BCUT2D eigenvalue weighted by Crippen LogP contribution is -2.56. The first-order chi connectivity index (χ1) is 18.5. The molecule has 0 amide bonds. The van der Waals surface area contributed by atoms with Gasteiger partial charge in [0, 0.05) is 24.4 Å². The van der Waals surface area contributed by atoms with Crippen molar-refractivity contribution in [2.24, 2.45) is 15.1 Å². The molecule has 0 radical (unpaired) electrons. The number of alkyl halides is 4. The van der Waals surface area contributed by atoms with Gasteiger partial charge in [0.15, 0.2) is 5.82 Å². The Labute approximate surface area is 230 Å². The first-order valence-corrected chi connectivity index (χ1v) is 13.2. The number of aromatic nitrogens is 4. The van der Waals surface area contributed by atoms with Crippen molar-refractivity contribution >= 4 is 33.1 Å². The zero-order valence-corrected chi connectivity index (χ0v) is 22.7. The lowest BCUT2D eigenvalue weighted by atomic mass is 9.90. The normalized spacial score (nSPS) is 22.1. The van der Waals surface area contributed by atoms with Gasteiger partial charge in [0.05, 0.1) is 26.7 Å². The average molecular weight is 608 g/mol. The highest BCUT2D eigenvalue weighted by molar-refractivity contribution is 7.95. The maximum atomic E-state index is 15.0. The van der Waals surface area contributed by atoms with E-state index >= 15 is 4.39 Å². The maximum Gasteiger partial charge on any atom is 0.490 e. The zero-order valence-electron chi connectivity index (χ0n) is 21.2. The third kappa shape index (κ3) is 5.91. The molecule has 17 heteroatoms. The van der Waals surface area contributed by atoms with Gasteiger partial charge in [-0.3, -0.25) is 4.99 Å². The van der Waals surface area contributed by atoms with Gasteiger partial charge < -0.3 is 10.8 Å². The first-order valence-electron chi connectivity index (χ1n) is 11.2. The molecule has 3 N–H and O–H groups in total. The Bertz CT molecular complexity index is 1570. The number of carboxylic acid groups (broad SMARTS) is 1. The number of hydrogen-bond donors (Lipinski definition) is 2. The van der Waals surface area contributed by atoms with Crippen molar-refractivity contribution in [2.45, 2.75) is 30.3 Å². The average Bonchev–Trinajstić information content (AvgIpc) is 3.38. The second kappa shape index (κ2) is 11.1. The molecule has 0 saturated heterocycles. The van der Waals surface area contributed by atoms with Crippen molar-refractivity contribution in [3.63, 3.8) is 0 Å². The van der Waals surface area contributed by atoms with Crippen LogP contribution < -0.4 is 5.73 Å². The number of halogens is 6. The van der Waals surface area contributed by atoms with Crippen molar-refractivity contribution in [3.8, 4) is 17.1 Å². The smallest absolute Gasteiger partial charge is 0.475 e.